The molecule has 0 aromatic carbocycles. The number of pyridine rings is 1. The van der Waals surface area contributed by atoms with Crippen molar-refractivity contribution < 1.29 is 4.74 Å². The molecule has 3 nitrogen and oxygen atoms in total. The molecule has 1 aliphatic carbocycles. The summed E-state index contributed by atoms with van der Waals surface area (Å²) in [6.07, 6.45) is 3.86. The predicted octanol–water partition coefficient (Wildman–Crippen LogP) is 2.05. The highest BCUT2D eigenvalue weighted by Crippen LogP contribution is 2.22. The Morgan fingerprint density at radius 3 is 2.92 bits per heavy atom. The Balaban J connectivity index is 2.01. The van der Waals surface area contributed by atoms with E-state index < -0.39 is 0 Å². The molecule has 0 atom stereocenters. The number of anilines is 1. The molecule has 1 saturated carbocycles. The Hall–Kier alpha value is -1.25. The first kappa shape index (κ1) is 8.35. The maximum atomic E-state index is 5.04. The van der Waals surface area contributed by atoms with Crippen LogP contribution >= 0.6 is 0 Å². The molecule has 0 amide bonds. The van der Waals surface area contributed by atoms with Gasteiger partial charge in [0.05, 0.1) is 7.11 Å². The number of aromatic nitrogens is 1. The Kier molecular flexibility index (Phi) is 2.34. The molecule has 0 saturated heterocycles. The van der Waals surface area contributed by atoms with Crippen LogP contribution in [-0.2, 0) is 0 Å². The van der Waals surface area contributed by atoms with Gasteiger partial charge in [0.2, 0.25) is 5.88 Å². The van der Waals surface area contributed by atoms with Gasteiger partial charge in [-0.2, -0.15) is 4.98 Å². The van der Waals surface area contributed by atoms with Crippen LogP contribution in [0.3, 0.4) is 0 Å². The molecule has 0 aliphatic heterocycles. The highest BCUT2D eigenvalue weighted by molar-refractivity contribution is 5.38. The predicted molar refractivity (Wildman–Crippen MR) is 52.1 cm³/mol. The van der Waals surface area contributed by atoms with E-state index in [1.54, 1.807) is 7.11 Å². The summed E-state index contributed by atoms with van der Waals surface area (Å²) in [5, 5.41) is 3.36. The molecule has 13 heavy (non-hydrogen) atoms. The van der Waals surface area contributed by atoms with E-state index in [1.165, 1.54) is 19.3 Å². The van der Waals surface area contributed by atoms with Crippen molar-refractivity contribution in [1.82, 2.24) is 4.98 Å². The molecule has 2 rings (SSSR count). The van der Waals surface area contributed by atoms with Crippen molar-refractivity contribution in [1.29, 1.82) is 0 Å². The average Bonchev–Trinajstić information content (AvgIpc) is 2.12. The minimum Gasteiger partial charge on any atom is -0.481 e. The molecule has 70 valence electrons. The lowest BCUT2D eigenvalue weighted by atomic mass is 9.93. The Labute approximate surface area is 78.1 Å². The first-order valence-electron chi connectivity index (χ1n) is 4.66. The quantitative estimate of drug-likeness (QED) is 0.769. The summed E-state index contributed by atoms with van der Waals surface area (Å²) in [4.78, 5) is 4.28. The standard InChI is InChI=1S/C10H14N2O/c1-13-10-7-3-6-9(12-10)11-8-4-2-5-8/h3,6-8H,2,4-5H2,1H3,(H,11,12). The van der Waals surface area contributed by atoms with E-state index in [-0.39, 0.29) is 0 Å². The monoisotopic (exact) mass is 178 g/mol. The van der Waals surface area contributed by atoms with Crippen LogP contribution in [-0.4, -0.2) is 18.1 Å². The molecular formula is C10H14N2O. The molecular weight excluding hydrogens is 164 g/mol. The van der Waals surface area contributed by atoms with Gasteiger partial charge in [0.1, 0.15) is 5.82 Å². The molecule has 0 unspecified atom stereocenters. The van der Waals surface area contributed by atoms with Gasteiger partial charge in [0.15, 0.2) is 0 Å². The topological polar surface area (TPSA) is 34.1 Å². The lowest BCUT2D eigenvalue weighted by Crippen LogP contribution is -2.27. The number of nitrogens with one attached hydrogen (secondary N) is 1. The second-order valence-electron chi connectivity index (χ2n) is 3.34. The summed E-state index contributed by atoms with van der Waals surface area (Å²) in [7, 11) is 1.63. The van der Waals surface area contributed by atoms with Crippen molar-refractivity contribution in [3.63, 3.8) is 0 Å². The smallest absolute Gasteiger partial charge is 0.214 e. The summed E-state index contributed by atoms with van der Waals surface area (Å²) in [6.45, 7) is 0. The van der Waals surface area contributed by atoms with Crippen LogP contribution in [0.2, 0.25) is 0 Å². The summed E-state index contributed by atoms with van der Waals surface area (Å²) in [5.41, 5.74) is 0. The van der Waals surface area contributed by atoms with Crippen molar-refractivity contribution in [2.24, 2.45) is 0 Å². The maximum absolute atomic E-state index is 5.04. The fourth-order valence-electron chi connectivity index (χ4n) is 1.37. The van der Waals surface area contributed by atoms with Gasteiger partial charge in [-0.25, -0.2) is 0 Å². The van der Waals surface area contributed by atoms with Gasteiger partial charge < -0.3 is 10.1 Å². The molecule has 1 heterocycles. The molecule has 1 aliphatic rings. The van der Waals surface area contributed by atoms with Crippen molar-refractivity contribution in [3.05, 3.63) is 18.2 Å². The molecule has 3 heteroatoms. The molecule has 1 N–H and O–H groups in total. The van der Waals surface area contributed by atoms with Crippen molar-refractivity contribution in [2.75, 3.05) is 12.4 Å². The van der Waals surface area contributed by atoms with E-state index in [4.69, 9.17) is 4.74 Å². The van der Waals surface area contributed by atoms with E-state index in [9.17, 15) is 0 Å². The zero-order valence-corrected chi connectivity index (χ0v) is 7.79. The molecule has 1 fully saturated rings. The van der Waals surface area contributed by atoms with Gasteiger partial charge in [-0.1, -0.05) is 6.07 Å². The number of hydrogen-bond acceptors (Lipinski definition) is 3. The average molecular weight is 178 g/mol. The van der Waals surface area contributed by atoms with Crippen LogP contribution in [0, 0.1) is 0 Å². The van der Waals surface area contributed by atoms with Gasteiger partial charge in [-0.3, -0.25) is 0 Å². The third-order valence-corrected chi connectivity index (χ3v) is 2.39. The number of nitrogens with zero attached hydrogens (tertiary/aromatic N) is 1. The maximum Gasteiger partial charge on any atom is 0.214 e. The molecule has 0 bridgehead atoms. The SMILES string of the molecule is COc1cccc(NC2CCC2)n1. The van der Waals surface area contributed by atoms with E-state index in [0.717, 1.165) is 5.82 Å². The Morgan fingerprint density at radius 2 is 2.31 bits per heavy atom. The summed E-state index contributed by atoms with van der Waals surface area (Å²) < 4.78 is 5.04. The minimum absolute atomic E-state index is 0.625. The third-order valence-electron chi connectivity index (χ3n) is 2.39. The molecule has 1 aromatic rings. The number of hydrogen-bond donors (Lipinski definition) is 1. The van der Waals surface area contributed by atoms with Gasteiger partial charge in [0, 0.05) is 12.1 Å². The fraction of sp³-hybridized carbons (Fsp3) is 0.500. The van der Waals surface area contributed by atoms with E-state index in [0.29, 0.717) is 11.9 Å². The van der Waals surface area contributed by atoms with Gasteiger partial charge in [-0.05, 0) is 25.3 Å². The first-order valence-corrected chi connectivity index (χ1v) is 4.66. The van der Waals surface area contributed by atoms with Crippen LogP contribution in [0.5, 0.6) is 5.88 Å². The molecule has 1 aromatic heterocycles. The lowest BCUT2D eigenvalue weighted by molar-refractivity contribution is 0.397. The van der Waals surface area contributed by atoms with Crippen LogP contribution in [0.15, 0.2) is 18.2 Å². The highest BCUT2D eigenvalue weighted by atomic mass is 16.5. The van der Waals surface area contributed by atoms with Crippen LogP contribution in [0.1, 0.15) is 19.3 Å². The zero-order chi connectivity index (χ0) is 9.10. The zero-order valence-electron chi connectivity index (χ0n) is 7.79. The lowest BCUT2D eigenvalue weighted by Gasteiger charge is -2.26. The van der Waals surface area contributed by atoms with Gasteiger partial charge in [-0.15, -0.1) is 0 Å². The van der Waals surface area contributed by atoms with Crippen molar-refractivity contribution in [3.8, 4) is 5.88 Å². The Morgan fingerprint density at radius 1 is 1.46 bits per heavy atom. The molecule has 0 spiro atoms. The number of rotatable bonds is 3. The number of ether oxygens (including phenoxy) is 1. The summed E-state index contributed by atoms with van der Waals surface area (Å²) >= 11 is 0. The highest BCUT2D eigenvalue weighted by Gasteiger charge is 2.17. The summed E-state index contributed by atoms with van der Waals surface area (Å²) in [5.74, 6) is 1.59. The summed E-state index contributed by atoms with van der Waals surface area (Å²) in [6, 6.07) is 6.40. The normalized spacial score (nSPS) is 16.4. The Bertz CT molecular complexity index is 284. The van der Waals surface area contributed by atoms with E-state index in [1.807, 2.05) is 18.2 Å². The largest absolute Gasteiger partial charge is 0.481 e. The van der Waals surface area contributed by atoms with E-state index in [2.05, 4.69) is 10.3 Å². The molecule has 0 radical (unpaired) electrons. The number of methoxy groups -OCH3 is 1. The van der Waals surface area contributed by atoms with Gasteiger partial charge >= 0.3 is 0 Å². The minimum atomic E-state index is 0.625. The van der Waals surface area contributed by atoms with Crippen LogP contribution in [0.4, 0.5) is 5.82 Å². The van der Waals surface area contributed by atoms with Crippen LogP contribution in [0.25, 0.3) is 0 Å². The van der Waals surface area contributed by atoms with Gasteiger partial charge in [0.25, 0.3) is 0 Å². The second-order valence-corrected chi connectivity index (χ2v) is 3.34. The fourth-order valence-corrected chi connectivity index (χ4v) is 1.37. The van der Waals surface area contributed by atoms with Crippen molar-refractivity contribution in [2.45, 2.75) is 25.3 Å². The second kappa shape index (κ2) is 3.64. The third kappa shape index (κ3) is 1.91. The van der Waals surface area contributed by atoms with Crippen molar-refractivity contribution >= 4 is 5.82 Å². The first-order chi connectivity index (χ1) is 6.38. The van der Waals surface area contributed by atoms with E-state index >= 15 is 0 Å². The van der Waals surface area contributed by atoms with Crippen LogP contribution < -0.4 is 10.1 Å².